The Morgan fingerprint density at radius 3 is 2.50 bits per heavy atom. The largest absolute Gasteiger partial charge is 0.311 e. The first kappa shape index (κ1) is 20.0. The lowest BCUT2D eigenvalue weighted by Gasteiger charge is -2.30. The lowest BCUT2D eigenvalue weighted by molar-refractivity contribution is -0.117. The van der Waals surface area contributed by atoms with Crippen molar-refractivity contribution in [2.45, 2.75) is 58.9 Å². The Labute approximate surface area is 166 Å². The van der Waals surface area contributed by atoms with Gasteiger partial charge in [0.15, 0.2) is 5.82 Å². The summed E-state index contributed by atoms with van der Waals surface area (Å²) in [7, 11) is 0. The van der Waals surface area contributed by atoms with E-state index >= 15 is 0 Å². The zero-order valence-electron chi connectivity index (χ0n) is 16.9. The summed E-state index contributed by atoms with van der Waals surface area (Å²) in [5, 5.41) is 0. The molecule has 1 saturated carbocycles. The van der Waals surface area contributed by atoms with Crippen LogP contribution in [0.4, 0.5) is 17.3 Å². The molecule has 0 saturated heterocycles. The van der Waals surface area contributed by atoms with Crippen LogP contribution in [-0.4, -0.2) is 34.7 Å². The Hall–Kier alpha value is -2.76. The summed E-state index contributed by atoms with van der Waals surface area (Å²) in [6, 6.07) is 6.27. The molecule has 0 aliphatic heterocycles. The molecular weight excluding hydrogens is 352 g/mol. The topological polar surface area (TPSA) is 66.4 Å². The van der Waals surface area contributed by atoms with Crippen molar-refractivity contribution in [3.8, 4) is 0 Å². The van der Waals surface area contributed by atoms with Gasteiger partial charge in [0.1, 0.15) is 11.6 Å². The Balaban J connectivity index is 1.95. The Morgan fingerprint density at radius 2 is 1.86 bits per heavy atom. The van der Waals surface area contributed by atoms with Gasteiger partial charge in [0, 0.05) is 31.4 Å². The van der Waals surface area contributed by atoms with E-state index in [0.29, 0.717) is 19.0 Å². The summed E-state index contributed by atoms with van der Waals surface area (Å²) >= 11 is 0. The second kappa shape index (κ2) is 8.95. The van der Waals surface area contributed by atoms with Gasteiger partial charge in [-0.05, 0) is 69.7 Å². The predicted octanol–water partition coefficient (Wildman–Crippen LogP) is 4.12. The summed E-state index contributed by atoms with van der Waals surface area (Å²) in [6.45, 7) is 6.22. The Bertz CT molecular complexity index is 848. The molecule has 0 unspecified atom stereocenters. The number of carbonyl (C=O) groups is 2. The number of hydrogen-bond donors (Lipinski definition) is 0. The Morgan fingerprint density at radius 1 is 1.11 bits per heavy atom. The second-order valence-electron chi connectivity index (χ2n) is 7.50. The molecule has 2 aromatic rings. The highest BCUT2D eigenvalue weighted by Crippen LogP contribution is 2.42. The van der Waals surface area contributed by atoms with Crippen molar-refractivity contribution >= 4 is 29.5 Å². The normalized spacial score (nSPS) is 13.2. The van der Waals surface area contributed by atoms with Crippen LogP contribution in [0.2, 0.25) is 0 Å². The summed E-state index contributed by atoms with van der Waals surface area (Å²) in [4.78, 5) is 36.3. The minimum atomic E-state index is 0.182. The number of pyridine rings is 2. The number of nitrogens with zero attached hydrogens (tertiary/aromatic N) is 4. The van der Waals surface area contributed by atoms with Crippen LogP contribution in [-0.2, 0) is 9.59 Å². The Kier molecular flexibility index (Phi) is 6.39. The van der Waals surface area contributed by atoms with Gasteiger partial charge in [0.05, 0.1) is 5.69 Å². The van der Waals surface area contributed by atoms with Crippen molar-refractivity contribution in [2.24, 2.45) is 0 Å². The van der Waals surface area contributed by atoms with Crippen molar-refractivity contribution in [2.75, 3.05) is 16.3 Å². The summed E-state index contributed by atoms with van der Waals surface area (Å²) in [5.74, 6) is 1.86. The number of aromatic nitrogens is 2. The van der Waals surface area contributed by atoms with Crippen molar-refractivity contribution in [3.05, 3.63) is 41.7 Å². The maximum absolute atomic E-state index is 11.9. The smallest absolute Gasteiger partial charge is 0.214 e. The molecule has 6 nitrogen and oxygen atoms in total. The van der Waals surface area contributed by atoms with E-state index in [4.69, 9.17) is 0 Å². The van der Waals surface area contributed by atoms with Gasteiger partial charge < -0.3 is 14.6 Å². The molecule has 0 N–H and O–H groups in total. The van der Waals surface area contributed by atoms with Crippen LogP contribution in [0.25, 0.3) is 0 Å². The van der Waals surface area contributed by atoms with E-state index in [1.807, 2.05) is 32.0 Å². The van der Waals surface area contributed by atoms with Gasteiger partial charge in [0.25, 0.3) is 0 Å². The van der Waals surface area contributed by atoms with E-state index in [1.54, 1.807) is 24.2 Å². The van der Waals surface area contributed by atoms with Crippen LogP contribution in [0.3, 0.4) is 0 Å². The molecule has 6 heteroatoms. The van der Waals surface area contributed by atoms with Crippen LogP contribution >= 0.6 is 0 Å². The summed E-state index contributed by atoms with van der Waals surface area (Å²) in [5.41, 5.74) is 2.92. The number of aryl methyl sites for hydroxylation is 2. The third-order valence-corrected chi connectivity index (χ3v) is 5.05. The average Bonchev–Trinajstić information content (AvgIpc) is 3.49. The number of ketones is 1. The molecule has 1 fully saturated rings. The first-order chi connectivity index (χ1) is 13.5. The molecule has 0 radical (unpaired) electrons. The third-order valence-electron chi connectivity index (χ3n) is 5.05. The molecule has 2 heterocycles. The molecule has 2 aromatic heterocycles. The molecule has 1 aliphatic carbocycles. The number of carbonyl (C=O) groups excluding carboxylic acids is 2. The van der Waals surface area contributed by atoms with Crippen LogP contribution < -0.4 is 9.80 Å². The van der Waals surface area contributed by atoms with Crippen LogP contribution in [0.5, 0.6) is 0 Å². The summed E-state index contributed by atoms with van der Waals surface area (Å²) in [6.07, 6.45) is 8.74. The van der Waals surface area contributed by atoms with E-state index in [0.717, 1.165) is 60.5 Å². The molecule has 0 bridgehead atoms. The van der Waals surface area contributed by atoms with Crippen molar-refractivity contribution in [1.29, 1.82) is 0 Å². The van der Waals surface area contributed by atoms with E-state index in [1.165, 1.54) is 0 Å². The SMILES string of the molecule is CC(=O)CCCCN(C=O)c1c(C)ccnc1N(c1ncccc1C)C1CC1. The van der Waals surface area contributed by atoms with Gasteiger partial charge in [-0.3, -0.25) is 4.79 Å². The summed E-state index contributed by atoms with van der Waals surface area (Å²) < 4.78 is 0. The quantitative estimate of drug-likeness (QED) is 0.458. The first-order valence-electron chi connectivity index (χ1n) is 9.90. The maximum Gasteiger partial charge on any atom is 0.214 e. The number of hydrogen-bond acceptors (Lipinski definition) is 5. The van der Waals surface area contributed by atoms with Crippen LogP contribution in [0.1, 0.15) is 50.2 Å². The fraction of sp³-hybridized carbons (Fsp3) is 0.455. The lowest BCUT2D eigenvalue weighted by atomic mass is 10.1. The molecular formula is C22H28N4O2. The highest BCUT2D eigenvalue weighted by molar-refractivity contribution is 5.86. The third kappa shape index (κ3) is 4.55. The van der Waals surface area contributed by atoms with Gasteiger partial charge in [-0.2, -0.15) is 0 Å². The number of unbranched alkanes of at least 4 members (excludes halogenated alkanes) is 1. The molecule has 1 amide bonds. The van der Waals surface area contributed by atoms with Crippen molar-refractivity contribution in [3.63, 3.8) is 0 Å². The molecule has 0 atom stereocenters. The molecule has 148 valence electrons. The zero-order valence-corrected chi connectivity index (χ0v) is 16.9. The molecule has 3 rings (SSSR count). The monoisotopic (exact) mass is 380 g/mol. The number of rotatable bonds is 10. The highest BCUT2D eigenvalue weighted by atomic mass is 16.1. The number of anilines is 3. The van der Waals surface area contributed by atoms with Crippen LogP contribution in [0.15, 0.2) is 30.6 Å². The van der Waals surface area contributed by atoms with Gasteiger partial charge in [-0.1, -0.05) is 6.07 Å². The minimum absolute atomic E-state index is 0.182. The predicted molar refractivity (Wildman–Crippen MR) is 111 cm³/mol. The van der Waals surface area contributed by atoms with Crippen molar-refractivity contribution < 1.29 is 9.59 Å². The van der Waals surface area contributed by atoms with E-state index < -0.39 is 0 Å². The molecule has 1 aliphatic rings. The fourth-order valence-electron chi connectivity index (χ4n) is 3.45. The lowest BCUT2D eigenvalue weighted by Crippen LogP contribution is -2.29. The van der Waals surface area contributed by atoms with E-state index in [-0.39, 0.29) is 5.78 Å². The van der Waals surface area contributed by atoms with E-state index in [9.17, 15) is 9.59 Å². The highest BCUT2D eigenvalue weighted by Gasteiger charge is 2.35. The van der Waals surface area contributed by atoms with E-state index in [2.05, 4.69) is 14.9 Å². The molecule has 28 heavy (non-hydrogen) atoms. The maximum atomic E-state index is 11.9. The van der Waals surface area contributed by atoms with Crippen LogP contribution in [0, 0.1) is 13.8 Å². The molecule has 0 spiro atoms. The van der Waals surface area contributed by atoms with Gasteiger partial charge in [-0.25, -0.2) is 9.97 Å². The second-order valence-corrected chi connectivity index (χ2v) is 7.50. The van der Waals surface area contributed by atoms with Crippen molar-refractivity contribution in [1.82, 2.24) is 9.97 Å². The zero-order chi connectivity index (χ0) is 20.1. The minimum Gasteiger partial charge on any atom is -0.311 e. The number of amides is 1. The average molecular weight is 380 g/mol. The van der Waals surface area contributed by atoms with Gasteiger partial charge >= 0.3 is 0 Å². The first-order valence-corrected chi connectivity index (χ1v) is 9.90. The number of Topliss-reactive ketones (excluding diaryl/α,β-unsaturated/α-hetero) is 1. The fourth-order valence-corrected chi connectivity index (χ4v) is 3.45. The van der Waals surface area contributed by atoms with Gasteiger partial charge in [0.2, 0.25) is 6.41 Å². The van der Waals surface area contributed by atoms with Gasteiger partial charge in [-0.15, -0.1) is 0 Å². The molecule has 0 aromatic carbocycles. The standard InChI is InChI=1S/C22H28N4O2/c1-16-11-13-24-22(20(16)25(15-27)14-5-4-8-18(3)28)26(19-9-10-19)21-17(2)7-6-12-23-21/h6-7,11-13,15,19H,4-5,8-10,14H2,1-3H3.